The summed E-state index contributed by atoms with van der Waals surface area (Å²) in [6, 6.07) is 11.2. The van der Waals surface area contributed by atoms with Gasteiger partial charge in [0.15, 0.2) is 9.84 Å². The van der Waals surface area contributed by atoms with Crippen LogP contribution in [0.2, 0.25) is 0 Å². The highest BCUT2D eigenvalue weighted by Crippen LogP contribution is 2.21. The van der Waals surface area contributed by atoms with Gasteiger partial charge in [0, 0.05) is 11.8 Å². The van der Waals surface area contributed by atoms with Crippen LogP contribution in [-0.4, -0.2) is 27.2 Å². The summed E-state index contributed by atoms with van der Waals surface area (Å²) in [6.07, 6.45) is 1.06. The molecule has 5 nitrogen and oxygen atoms in total. The van der Waals surface area contributed by atoms with Crippen LogP contribution in [0.4, 0.5) is 8.78 Å². The van der Waals surface area contributed by atoms with Gasteiger partial charge in [-0.25, -0.2) is 8.42 Å². The van der Waals surface area contributed by atoms with Crippen LogP contribution in [0.3, 0.4) is 0 Å². The molecular weight excluding hydrogens is 352 g/mol. The van der Waals surface area contributed by atoms with E-state index in [-0.39, 0.29) is 16.2 Å². The molecule has 1 amide bonds. The lowest BCUT2D eigenvalue weighted by Gasteiger charge is -2.16. The molecule has 8 heteroatoms. The highest BCUT2D eigenvalue weighted by atomic mass is 32.2. The summed E-state index contributed by atoms with van der Waals surface area (Å²) in [7, 11) is -3.42. The molecular formula is C17H17F2NO4S. The van der Waals surface area contributed by atoms with Gasteiger partial charge in [-0.15, -0.1) is 0 Å². The Morgan fingerprint density at radius 3 is 2.44 bits per heavy atom. The number of alkyl halides is 2. The summed E-state index contributed by atoms with van der Waals surface area (Å²) in [5.41, 5.74) is 0.764. The normalized spacial score (nSPS) is 12.7. The number of sulfone groups is 1. The minimum atomic E-state index is -3.42. The number of amides is 1. The van der Waals surface area contributed by atoms with Crippen molar-refractivity contribution in [3.63, 3.8) is 0 Å². The molecule has 0 aliphatic carbocycles. The first kappa shape index (κ1) is 18.9. The molecule has 0 aliphatic rings. The van der Waals surface area contributed by atoms with Crippen molar-refractivity contribution in [2.75, 3.05) is 6.26 Å². The number of carbonyl (C=O) groups is 1. The van der Waals surface area contributed by atoms with Crippen molar-refractivity contribution in [1.29, 1.82) is 0 Å². The van der Waals surface area contributed by atoms with Gasteiger partial charge in [0.1, 0.15) is 5.75 Å². The summed E-state index contributed by atoms with van der Waals surface area (Å²) in [4.78, 5) is 12.4. The van der Waals surface area contributed by atoms with Crippen molar-refractivity contribution in [1.82, 2.24) is 5.32 Å². The Hall–Kier alpha value is -2.48. The molecule has 0 heterocycles. The molecule has 1 unspecified atom stereocenters. The molecule has 1 atom stereocenters. The summed E-state index contributed by atoms with van der Waals surface area (Å²) in [6.45, 7) is -1.25. The minimum Gasteiger partial charge on any atom is -0.435 e. The number of nitrogens with one attached hydrogen (secondary N) is 1. The SMILES string of the molecule is CC(NC(=O)c1cccc(S(C)(=O)=O)c1)c1cccc(OC(F)F)c1. The molecule has 0 aliphatic heterocycles. The lowest BCUT2D eigenvalue weighted by molar-refractivity contribution is -0.0499. The van der Waals surface area contributed by atoms with E-state index in [1.807, 2.05) is 0 Å². The molecule has 134 valence electrons. The molecule has 2 aromatic carbocycles. The molecule has 0 spiro atoms. The fourth-order valence-electron chi connectivity index (χ4n) is 2.19. The fraction of sp³-hybridized carbons (Fsp3) is 0.235. The van der Waals surface area contributed by atoms with E-state index >= 15 is 0 Å². The molecule has 0 fully saturated rings. The summed E-state index contributed by atoms with van der Waals surface area (Å²) in [5.74, 6) is -0.481. The number of hydrogen-bond donors (Lipinski definition) is 1. The van der Waals surface area contributed by atoms with Crippen molar-refractivity contribution >= 4 is 15.7 Å². The standard InChI is InChI=1S/C17H17F2NO4S/c1-11(12-5-3-7-14(9-12)24-17(18)19)20-16(21)13-6-4-8-15(10-13)25(2,22)23/h3-11,17H,1-2H3,(H,20,21). The zero-order valence-corrected chi connectivity index (χ0v) is 14.4. The van der Waals surface area contributed by atoms with Crippen LogP contribution >= 0.6 is 0 Å². The smallest absolute Gasteiger partial charge is 0.387 e. The second kappa shape index (κ2) is 7.60. The Morgan fingerprint density at radius 1 is 1.12 bits per heavy atom. The topological polar surface area (TPSA) is 72.5 Å². The lowest BCUT2D eigenvalue weighted by Crippen LogP contribution is -2.26. The van der Waals surface area contributed by atoms with Crippen molar-refractivity contribution < 1.29 is 26.7 Å². The lowest BCUT2D eigenvalue weighted by atomic mass is 10.1. The highest BCUT2D eigenvalue weighted by molar-refractivity contribution is 7.90. The zero-order chi connectivity index (χ0) is 18.6. The third kappa shape index (κ3) is 5.25. The quantitative estimate of drug-likeness (QED) is 0.849. The summed E-state index contributed by atoms with van der Waals surface area (Å²) < 4.78 is 52.0. The number of hydrogen-bond acceptors (Lipinski definition) is 4. The molecule has 2 aromatic rings. The van der Waals surface area contributed by atoms with Gasteiger partial charge in [0.25, 0.3) is 5.91 Å². The van der Waals surface area contributed by atoms with Crippen LogP contribution in [0.1, 0.15) is 28.9 Å². The average Bonchev–Trinajstić information content (AvgIpc) is 2.53. The first-order valence-corrected chi connectivity index (χ1v) is 9.21. The molecule has 0 aromatic heterocycles. The minimum absolute atomic E-state index is 0.00678. The fourth-order valence-corrected chi connectivity index (χ4v) is 2.86. The summed E-state index contributed by atoms with van der Waals surface area (Å²) >= 11 is 0. The second-order valence-electron chi connectivity index (χ2n) is 5.45. The highest BCUT2D eigenvalue weighted by Gasteiger charge is 2.15. The van der Waals surface area contributed by atoms with Crippen molar-refractivity contribution in [3.05, 3.63) is 59.7 Å². The van der Waals surface area contributed by atoms with Crippen LogP contribution in [0.5, 0.6) is 5.75 Å². The first-order valence-electron chi connectivity index (χ1n) is 7.32. The maximum Gasteiger partial charge on any atom is 0.387 e. The number of halogens is 2. The van der Waals surface area contributed by atoms with Crippen LogP contribution in [0.15, 0.2) is 53.4 Å². The van der Waals surface area contributed by atoms with Crippen LogP contribution in [0.25, 0.3) is 0 Å². The molecule has 0 radical (unpaired) electrons. The molecule has 0 bridgehead atoms. The Balaban J connectivity index is 2.15. The number of carbonyl (C=O) groups excluding carboxylic acids is 1. The maximum absolute atomic E-state index is 12.3. The molecule has 0 saturated carbocycles. The molecule has 25 heavy (non-hydrogen) atoms. The third-order valence-electron chi connectivity index (χ3n) is 3.46. The average molecular weight is 369 g/mol. The number of benzene rings is 2. The van der Waals surface area contributed by atoms with Crippen LogP contribution < -0.4 is 10.1 Å². The van der Waals surface area contributed by atoms with E-state index in [1.165, 1.54) is 36.4 Å². The zero-order valence-electron chi connectivity index (χ0n) is 13.6. The van der Waals surface area contributed by atoms with E-state index in [2.05, 4.69) is 10.1 Å². The summed E-state index contributed by atoms with van der Waals surface area (Å²) in [5, 5.41) is 2.69. The maximum atomic E-state index is 12.3. The number of ether oxygens (including phenoxy) is 1. The van der Waals surface area contributed by atoms with E-state index in [0.29, 0.717) is 5.56 Å². The Labute approximate surface area is 144 Å². The largest absolute Gasteiger partial charge is 0.435 e. The van der Waals surface area contributed by atoms with E-state index in [9.17, 15) is 22.0 Å². The number of rotatable bonds is 6. The van der Waals surface area contributed by atoms with E-state index in [4.69, 9.17) is 0 Å². The van der Waals surface area contributed by atoms with Gasteiger partial charge in [-0.05, 0) is 42.8 Å². The van der Waals surface area contributed by atoms with Gasteiger partial charge >= 0.3 is 6.61 Å². The van der Waals surface area contributed by atoms with Gasteiger partial charge < -0.3 is 10.1 Å². The van der Waals surface area contributed by atoms with Crippen LogP contribution in [0, 0.1) is 0 Å². The first-order chi connectivity index (χ1) is 11.7. The van der Waals surface area contributed by atoms with Crippen molar-refractivity contribution in [2.24, 2.45) is 0 Å². The van der Waals surface area contributed by atoms with E-state index in [0.717, 1.165) is 6.26 Å². The van der Waals surface area contributed by atoms with Gasteiger partial charge in [-0.3, -0.25) is 4.79 Å². The third-order valence-corrected chi connectivity index (χ3v) is 4.57. The van der Waals surface area contributed by atoms with Gasteiger partial charge in [-0.2, -0.15) is 8.78 Å². The van der Waals surface area contributed by atoms with Crippen molar-refractivity contribution in [3.8, 4) is 5.75 Å². The molecule has 2 rings (SSSR count). The predicted octanol–water partition coefficient (Wildman–Crippen LogP) is 3.18. The monoisotopic (exact) mass is 369 g/mol. The van der Waals surface area contributed by atoms with E-state index < -0.39 is 28.4 Å². The Kier molecular flexibility index (Phi) is 5.73. The molecule has 1 N–H and O–H groups in total. The van der Waals surface area contributed by atoms with Gasteiger partial charge in [0.05, 0.1) is 10.9 Å². The van der Waals surface area contributed by atoms with Gasteiger partial charge in [-0.1, -0.05) is 18.2 Å². The predicted molar refractivity (Wildman–Crippen MR) is 88.5 cm³/mol. The van der Waals surface area contributed by atoms with Gasteiger partial charge in [0.2, 0.25) is 0 Å². The molecule has 0 saturated heterocycles. The van der Waals surface area contributed by atoms with Crippen LogP contribution in [-0.2, 0) is 9.84 Å². The Morgan fingerprint density at radius 2 is 1.80 bits per heavy atom. The van der Waals surface area contributed by atoms with Crippen molar-refractivity contribution in [2.45, 2.75) is 24.5 Å². The Bertz CT molecular complexity index is 868. The second-order valence-corrected chi connectivity index (χ2v) is 7.46. The van der Waals surface area contributed by atoms with E-state index in [1.54, 1.807) is 19.1 Å².